The standard InChI is InChI=1S/C22H36N4O.HI/c1-23-22(25(2)14-15-27-18-21-10-11-21)24-16-19-6-8-20(9-7-19)17-26-12-4-3-5-13-26;/h6-9,21H,3-5,10-18H2,1-2H3,(H,23,24);1H. The molecule has 3 rings (SSSR count). The van der Waals surface area contributed by atoms with Crippen molar-refractivity contribution >= 4 is 29.9 Å². The van der Waals surface area contributed by atoms with Crippen LogP contribution in [0, 0.1) is 5.92 Å². The summed E-state index contributed by atoms with van der Waals surface area (Å²) in [4.78, 5) is 9.10. The van der Waals surface area contributed by atoms with Crippen molar-refractivity contribution in [2.75, 3.05) is 46.9 Å². The minimum Gasteiger partial charge on any atom is -0.379 e. The largest absolute Gasteiger partial charge is 0.379 e. The van der Waals surface area contributed by atoms with E-state index < -0.39 is 0 Å². The Morgan fingerprint density at radius 3 is 2.46 bits per heavy atom. The Hall–Kier alpha value is -0.860. The van der Waals surface area contributed by atoms with Crippen LogP contribution in [0.25, 0.3) is 0 Å². The number of guanidine groups is 1. The predicted molar refractivity (Wildman–Crippen MR) is 127 cm³/mol. The molecular weight excluding hydrogens is 463 g/mol. The summed E-state index contributed by atoms with van der Waals surface area (Å²) in [5.41, 5.74) is 2.70. The maximum Gasteiger partial charge on any atom is 0.193 e. The van der Waals surface area contributed by atoms with Crippen molar-refractivity contribution in [2.45, 2.75) is 45.2 Å². The fourth-order valence-electron chi connectivity index (χ4n) is 3.55. The molecule has 1 aromatic carbocycles. The highest BCUT2D eigenvalue weighted by molar-refractivity contribution is 14.0. The summed E-state index contributed by atoms with van der Waals surface area (Å²) in [5, 5.41) is 3.46. The van der Waals surface area contributed by atoms with E-state index in [1.807, 2.05) is 7.05 Å². The van der Waals surface area contributed by atoms with E-state index in [0.29, 0.717) is 0 Å². The van der Waals surface area contributed by atoms with Gasteiger partial charge in [-0.25, -0.2) is 0 Å². The smallest absolute Gasteiger partial charge is 0.193 e. The number of nitrogens with zero attached hydrogens (tertiary/aromatic N) is 3. The Balaban J connectivity index is 0.00000280. The number of ether oxygens (including phenoxy) is 1. The number of rotatable bonds is 9. The first-order valence-corrected chi connectivity index (χ1v) is 10.5. The third kappa shape index (κ3) is 8.25. The molecule has 1 saturated heterocycles. The van der Waals surface area contributed by atoms with E-state index in [1.165, 1.54) is 56.3 Å². The van der Waals surface area contributed by atoms with Crippen molar-refractivity contribution in [3.8, 4) is 0 Å². The normalized spacial score (nSPS) is 17.9. The van der Waals surface area contributed by atoms with Crippen molar-refractivity contribution in [1.29, 1.82) is 0 Å². The second kappa shape index (κ2) is 12.6. The van der Waals surface area contributed by atoms with E-state index in [-0.39, 0.29) is 24.0 Å². The highest BCUT2D eigenvalue weighted by Crippen LogP contribution is 2.28. The zero-order valence-corrected chi connectivity index (χ0v) is 19.9. The van der Waals surface area contributed by atoms with Gasteiger partial charge in [-0.3, -0.25) is 9.89 Å². The molecule has 28 heavy (non-hydrogen) atoms. The van der Waals surface area contributed by atoms with Crippen LogP contribution in [0.1, 0.15) is 43.2 Å². The van der Waals surface area contributed by atoms with Crippen LogP contribution in [-0.2, 0) is 17.8 Å². The molecule has 0 spiro atoms. The molecule has 2 aliphatic rings. The van der Waals surface area contributed by atoms with Crippen LogP contribution in [-0.4, -0.2) is 62.7 Å². The summed E-state index contributed by atoms with van der Waals surface area (Å²) in [6.45, 7) is 6.92. The van der Waals surface area contributed by atoms with Crippen LogP contribution < -0.4 is 5.32 Å². The highest BCUT2D eigenvalue weighted by Gasteiger charge is 2.21. The van der Waals surface area contributed by atoms with E-state index in [9.17, 15) is 0 Å². The summed E-state index contributed by atoms with van der Waals surface area (Å²) >= 11 is 0. The van der Waals surface area contributed by atoms with Gasteiger partial charge < -0.3 is 15.0 Å². The summed E-state index contributed by atoms with van der Waals surface area (Å²) in [5.74, 6) is 1.74. The average Bonchev–Trinajstić information content (AvgIpc) is 3.52. The zero-order valence-electron chi connectivity index (χ0n) is 17.5. The Kier molecular flexibility index (Phi) is 10.6. The van der Waals surface area contributed by atoms with Gasteiger partial charge in [-0.1, -0.05) is 30.7 Å². The molecule has 1 aliphatic heterocycles. The van der Waals surface area contributed by atoms with Gasteiger partial charge >= 0.3 is 0 Å². The van der Waals surface area contributed by atoms with Gasteiger partial charge in [0.2, 0.25) is 0 Å². The van der Waals surface area contributed by atoms with Gasteiger partial charge in [0.1, 0.15) is 0 Å². The van der Waals surface area contributed by atoms with Crippen LogP contribution in [0.4, 0.5) is 0 Å². The van der Waals surface area contributed by atoms with Gasteiger partial charge in [-0.2, -0.15) is 0 Å². The van der Waals surface area contributed by atoms with Gasteiger partial charge in [0.25, 0.3) is 0 Å². The fraction of sp³-hybridized carbons (Fsp3) is 0.682. The monoisotopic (exact) mass is 500 g/mol. The van der Waals surface area contributed by atoms with Crippen LogP contribution in [0.3, 0.4) is 0 Å². The number of hydrogen-bond acceptors (Lipinski definition) is 3. The Bertz CT molecular complexity index is 583. The molecular formula is C22H37IN4O. The van der Waals surface area contributed by atoms with E-state index in [2.05, 4.69) is 51.4 Å². The first kappa shape index (κ1) is 23.4. The first-order chi connectivity index (χ1) is 13.2. The minimum atomic E-state index is 0. The van der Waals surface area contributed by atoms with Gasteiger partial charge in [-0.15, -0.1) is 24.0 Å². The van der Waals surface area contributed by atoms with Gasteiger partial charge in [0, 0.05) is 40.3 Å². The minimum absolute atomic E-state index is 0. The number of piperidine rings is 1. The second-order valence-corrected chi connectivity index (χ2v) is 7.99. The Labute approximate surface area is 187 Å². The Morgan fingerprint density at radius 1 is 1.14 bits per heavy atom. The molecule has 5 nitrogen and oxygen atoms in total. The number of hydrogen-bond donors (Lipinski definition) is 1. The topological polar surface area (TPSA) is 40.1 Å². The third-order valence-corrected chi connectivity index (χ3v) is 5.52. The number of aliphatic imine (C=N–C) groups is 1. The summed E-state index contributed by atoms with van der Waals surface area (Å²) in [6.07, 6.45) is 6.77. The Morgan fingerprint density at radius 2 is 1.82 bits per heavy atom. The molecule has 1 saturated carbocycles. The highest BCUT2D eigenvalue weighted by atomic mass is 127. The molecule has 1 heterocycles. The summed E-state index contributed by atoms with van der Waals surface area (Å²) < 4.78 is 5.73. The van der Waals surface area contributed by atoms with Crippen LogP contribution in [0.2, 0.25) is 0 Å². The molecule has 158 valence electrons. The van der Waals surface area contributed by atoms with Crippen LogP contribution in [0.15, 0.2) is 29.3 Å². The first-order valence-electron chi connectivity index (χ1n) is 10.5. The third-order valence-electron chi connectivity index (χ3n) is 5.52. The zero-order chi connectivity index (χ0) is 18.9. The number of nitrogens with one attached hydrogen (secondary N) is 1. The van der Waals surface area contributed by atoms with Gasteiger partial charge in [0.15, 0.2) is 5.96 Å². The predicted octanol–water partition coefficient (Wildman–Crippen LogP) is 3.72. The van der Waals surface area contributed by atoms with Crippen molar-refractivity contribution in [3.05, 3.63) is 35.4 Å². The molecule has 0 amide bonds. The maximum atomic E-state index is 5.73. The van der Waals surface area contributed by atoms with Crippen molar-refractivity contribution in [2.24, 2.45) is 10.9 Å². The maximum absolute atomic E-state index is 5.73. The second-order valence-electron chi connectivity index (χ2n) is 7.99. The van der Waals surface area contributed by atoms with Gasteiger partial charge in [0.05, 0.1) is 6.61 Å². The van der Waals surface area contributed by atoms with Crippen molar-refractivity contribution < 1.29 is 4.74 Å². The summed E-state index contributed by atoms with van der Waals surface area (Å²) in [6, 6.07) is 9.00. The lowest BCUT2D eigenvalue weighted by atomic mass is 10.1. The molecule has 0 unspecified atom stereocenters. The van der Waals surface area contributed by atoms with Crippen molar-refractivity contribution in [1.82, 2.24) is 15.1 Å². The fourth-order valence-corrected chi connectivity index (χ4v) is 3.55. The summed E-state index contributed by atoms with van der Waals surface area (Å²) in [7, 11) is 3.91. The number of likely N-dealkylation sites (tertiary alicyclic amines) is 1. The van der Waals surface area contributed by atoms with E-state index >= 15 is 0 Å². The molecule has 2 fully saturated rings. The van der Waals surface area contributed by atoms with E-state index in [4.69, 9.17) is 4.74 Å². The molecule has 1 N–H and O–H groups in total. The van der Waals surface area contributed by atoms with Crippen LogP contribution in [0.5, 0.6) is 0 Å². The SMILES string of the molecule is CN=C(NCc1ccc(CN2CCCCC2)cc1)N(C)CCOCC1CC1.I. The molecule has 6 heteroatoms. The molecule has 0 bridgehead atoms. The molecule has 0 atom stereocenters. The lowest BCUT2D eigenvalue weighted by Gasteiger charge is -2.26. The number of likely N-dealkylation sites (N-methyl/N-ethyl adjacent to an activating group) is 1. The molecule has 1 aromatic rings. The molecule has 0 aromatic heterocycles. The van der Waals surface area contributed by atoms with Crippen LogP contribution >= 0.6 is 24.0 Å². The van der Waals surface area contributed by atoms with E-state index in [1.54, 1.807) is 0 Å². The average molecular weight is 500 g/mol. The van der Waals surface area contributed by atoms with Crippen molar-refractivity contribution in [3.63, 3.8) is 0 Å². The van der Waals surface area contributed by atoms with Gasteiger partial charge in [-0.05, 0) is 55.8 Å². The quantitative estimate of drug-likeness (QED) is 0.243. The number of benzene rings is 1. The van der Waals surface area contributed by atoms with E-state index in [0.717, 1.165) is 44.7 Å². The lowest BCUT2D eigenvalue weighted by Crippen LogP contribution is -2.40. The molecule has 0 radical (unpaired) electrons. The molecule has 1 aliphatic carbocycles. The number of halogens is 1. The lowest BCUT2D eigenvalue weighted by molar-refractivity contribution is 0.115.